The van der Waals surface area contributed by atoms with E-state index >= 15 is 0 Å². The lowest BCUT2D eigenvalue weighted by Gasteiger charge is -2.12. The van der Waals surface area contributed by atoms with Crippen molar-refractivity contribution in [2.45, 2.75) is 78.2 Å². The predicted molar refractivity (Wildman–Crippen MR) is 119 cm³/mol. The number of carbonyl (C=O) groups excluding carboxylic acids is 2. The van der Waals surface area contributed by atoms with Crippen molar-refractivity contribution < 1.29 is 14.3 Å². The van der Waals surface area contributed by atoms with Gasteiger partial charge in [0.15, 0.2) is 11.9 Å². The molecule has 0 amide bonds. The summed E-state index contributed by atoms with van der Waals surface area (Å²) >= 11 is 0. The number of hydrogen-bond acceptors (Lipinski definition) is 3. The summed E-state index contributed by atoms with van der Waals surface area (Å²) in [5.41, 5.74) is 4.03. The van der Waals surface area contributed by atoms with Gasteiger partial charge in [-0.05, 0) is 55.0 Å². The Hall–Kier alpha value is -2.42. The quantitative estimate of drug-likeness (QED) is 0.294. The first kappa shape index (κ1) is 22.9. The lowest BCUT2D eigenvalue weighted by Crippen LogP contribution is -2.24. The minimum Gasteiger partial charge on any atom is -0.451 e. The molecule has 0 bridgehead atoms. The summed E-state index contributed by atoms with van der Waals surface area (Å²) in [7, 11) is 0. The Bertz CT molecular complexity index is 760. The predicted octanol–water partition coefficient (Wildman–Crippen LogP) is 6.78. The molecule has 0 aliphatic rings. The van der Waals surface area contributed by atoms with E-state index in [0.29, 0.717) is 12.0 Å². The Morgan fingerprint density at radius 3 is 1.97 bits per heavy atom. The highest BCUT2D eigenvalue weighted by atomic mass is 16.5. The van der Waals surface area contributed by atoms with Gasteiger partial charge in [0, 0.05) is 6.42 Å². The molecule has 0 N–H and O–H groups in total. The van der Waals surface area contributed by atoms with Gasteiger partial charge in [-0.2, -0.15) is 0 Å². The monoisotopic (exact) mass is 394 g/mol. The SMILES string of the molecule is CCCCCCc1ccc(-c2ccc(C(=O)OC(C)C(=O)CCCC)cc2)cc1. The summed E-state index contributed by atoms with van der Waals surface area (Å²) in [6.45, 7) is 5.91. The van der Waals surface area contributed by atoms with E-state index in [1.54, 1.807) is 19.1 Å². The van der Waals surface area contributed by atoms with Gasteiger partial charge in [-0.1, -0.05) is 75.9 Å². The van der Waals surface area contributed by atoms with Crippen LogP contribution in [-0.2, 0) is 16.0 Å². The molecule has 1 unspecified atom stereocenters. The minimum absolute atomic E-state index is 0.0217. The Morgan fingerprint density at radius 2 is 1.38 bits per heavy atom. The van der Waals surface area contributed by atoms with Crippen molar-refractivity contribution in [2.75, 3.05) is 0 Å². The van der Waals surface area contributed by atoms with Crippen molar-refractivity contribution in [3.63, 3.8) is 0 Å². The molecule has 2 rings (SSSR count). The van der Waals surface area contributed by atoms with Gasteiger partial charge in [-0.15, -0.1) is 0 Å². The van der Waals surface area contributed by atoms with E-state index in [1.807, 2.05) is 19.1 Å². The van der Waals surface area contributed by atoms with Crippen LogP contribution in [0.3, 0.4) is 0 Å². The number of carbonyl (C=O) groups is 2. The number of ketones is 1. The maximum absolute atomic E-state index is 12.3. The Kier molecular flexibility index (Phi) is 9.63. The number of Topliss-reactive ketones (excluding diaryl/α,β-unsaturated/α-hetero) is 1. The third-order valence-corrected chi connectivity index (χ3v) is 5.24. The molecular formula is C26H34O3. The number of unbranched alkanes of at least 4 members (excludes halogenated alkanes) is 4. The van der Waals surface area contributed by atoms with Crippen LogP contribution in [0.1, 0.15) is 81.6 Å². The Balaban J connectivity index is 1.92. The number of aryl methyl sites for hydroxylation is 1. The molecule has 0 aliphatic carbocycles. The molecule has 3 heteroatoms. The molecular weight excluding hydrogens is 360 g/mol. The van der Waals surface area contributed by atoms with Crippen LogP contribution in [0.15, 0.2) is 48.5 Å². The number of ether oxygens (including phenoxy) is 1. The second kappa shape index (κ2) is 12.2. The molecule has 3 nitrogen and oxygen atoms in total. The largest absolute Gasteiger partial charge is 0.451 e. The normalized spacial score (nSPS) is 11.8. The van der Waals surface area contributed by atoms with Crippen LogP contribution in [0.25, 0.3) is 11.1 Å². The van der Waals surface area contributed by atoms with Gasteiger partial charge in [0.25, 0.3) is 0 Å². The van der Waals surface area contributed by atoms with E-state index in [0.717, 1.165) is 30.4 Å². The summed E-state index contributed by atoms with van der Waals surface area (Å²) in [4.78, 5) is 24.3. The fourth-order valence-corrected chi connectivity index (χ4v) is 3.27. The number of benzene rings is 2. The average Bonchev–Trinajstić information content (AvgIpc) is 2.75. The fourth-order valence-electron chi connectivity index (χ4n) is 3.27. The summed E-state index contributed by atoms with van der Waals surface area (Å²) in [5, 5.41) is 0. The van der Waals surface area contributed by atoms with Crippen LogP contribution < -0.4 is 0 Å². The molecule has 0 aromatic heterocycles. The zero-order chi connectivity index (χ0) is 21.1. The molecule has 2 aromatic carbocycles. The molecule has 0 saturated carbocycles. The first-order valence-electron chi connectivity index (χ1n) is 11.0. The van der Waals surface area contributed by atoms with Crippen LogP contribution in [0, 0.1) is 0 Å². The van der Waals surface area contributed by atoms with Crippen molar-refractivity contribution in [1.82, 2.24) is 0 Å². The van der Waals surface area contributed by atoms with Gasteiger partial charge in [0.05, 0.1) is 5.56 Å². The molecule has 156 valence electrons. The maximum atomic E-state index is 12.3. The summed E-state index contributed by atoms with van der Waals surface area (Å²) in [5.74, 6) is -0.470. The molecule has 2 aromatic rings. The van der Waals surface area contributed by atoms with Crippen LogP contribution in [0.2, 0.25) is 0 Å². The molecule has 0 fully saturated rings. The maximum Gasteiger partial charge on any atom is 0.338 e. The highest BCUT2D eigenvalue weighted by molar-refractivity contribution is 5.93. The molecule has 0 heterocycles. The van der Waals surface area contributed by atoms with Crippen molar-refractivity contribution in [3.8, 4) is 11.1 Å². The Labute approximate surface area is 175 Å². The van der Waals surface area contributed by atoms with E-state index in [-0.39, 0.29) is 5.78 Å². The van der Waals surface area contributed by atoms with Gasteiger partial charge in [-0.25, -0.2) is 4.79 Å². The van der Waals surface area contributed by atoms with Gasteiger partial charge in [0.1, 0.15) is 0 Å². The van der Waals surface area contributed by atoms with E-state index < -0.39 is 12.1 Å². The number of rotatable bonds is 12. The second-order valence-electron chi connectivity index (χ2n) is 7.70. The highest BCUT2D eigenvalue weighted by Gasteiger charge is 2.18. The first-order valence-corrected chi connectivity index (χ1v) is 11.0. The molecule has 29 heavy (non-hydrogen) atoms. The summed E-state index contributed by atoms with van der Waals surface area (Å²) in [6.07, 6.45) is 7.76. The van der Waals surface area contributed by atoms with Crippen molar-refractivity contribution >= 4 is 11.8 Å². The third kappa shape index (κ3) is 7.49. The summed E-state index contributed by atoms with van der Waals surface area (Å²) in [6, 6.07) is 16.0. The van der Waals surface area contributed by atoms with E-state index in [2.05, 4.69) is 31.2 Å². The minimum atomic E-state index is -0.696. The van der Waals surface area contributed by atoms with Crippen LogP contribution in [-0.4, -0.2) is 17.9 Å². The lowest BCUT2D eigenvalue weighted by atomic mass is 10.0. The zero-order valence-electron chi connectivity index (χ0n) is 18.1. The summed E-state index contributed by atoms with van der Waals surface area (Å²) < 4.78 is 5.32. The topological polar surface area (TPSA) is 43.4 Å². The van der Waals surface area contributed by atoms with Crippen molar-refractivity contribution in [1.29, 1.82) is 0 Å². The number of hydrogen-bond donors (Lipinski definition) is 0. The standard InChI is InChI=1S/C26H34O3/c1-4-6-8-9-10-21-12-14-22(15-13-21)23-16-18-24(19-17-23)26(28)29-20(3)25(27)11-7-5-2/h12-20H,4-11H2,1-3H3. The van der Waals surface area contributed by atoms with Crippen LogP contribution >= 0.6 is 0 Å². The number of esters is 1. The van der Waals surface area contributed by atoms with Crippen molar-refractivity contribution in [2.24, 2.45) is 0 Å². The third-order valence-electron chi connectivity index (χ3n) is 5.24. The first-order chi connectivity index (χ1) is 14.0. The van der Waals surface area contributed by atoms with E-state index in [4.69, 9.17) is 4.74 Å². The zero-order valence-corrected chi connectivity index (χ0v) is 18.1. The van der Waals surface area contributed by atoms with Gasteiger partial charge in [0.2, 0.25) is 0 Å². The molecule has 0 radical (unpaired) electrons. The van der Waals surface area contributed by atoms with Gasteiger partial charge in [-0.3, -0.25) is 4.79 Å². The average molecular weight is 395 g/mol. The van der Waals surface area contributed by atoms with Crippen molar-refractivity contribution in [3.05, 3.63) is 59.7 Å². The van der Waals surface area contributed by atoms with Crippen LogP contribution in [0.4, 0.5) is 0 Å². The molecule has 1 atom stereocenters. The van der Waals surface area contributed by atoms with Gasteiger partial charge >= 0.3 is 5.97 Å². The Morgan fingerprint density at radius 1 is 0.793 bits per heavy atom. The molecule has 0 spiro atoms. The molecule has 0 saturated heterocycles. The highest BCUT2D eigenvalue weighted by Crippen LogP contribution is 2.22. The van der Waals surface area contributed by atoms with Crippen LogP contribution in [0.5, 0.6) is 0 Å². The van der Waals surface area contributed by atoms with Gasteiger partial charge < -0.3 is 4.74 Å². The molecule has 0 aliphatic heterocycles. The fraction of sp³-hybridized carbons (Fsp3) is 0.462. The second-order valence-corrected chi connectivity index (χ2v) is 7.70. The van der Waals surface area contributed by atoms with E-state index in [1.165, 1.54) is 31.2 Å². The lowest BCUT2D eigenvalue weighted by molar-refractivity contribution is -0.127. The smallest absolute Gasteiger partial charge is 0.338 e. The van der Waals surface area contributed by atoms with E-state index in [9.17, 15) is 9.59 Å².